The Hall–Kier alpha value is -3.03. The Bertz CT molecular complexity index is 1230. The molecule has 1 amide bonds. The monoisotopic (exact) mass is 443 g/mol. The van der Waals surface area contributed by atoms with Gasteiger partial charge >= 0.3 is 0 Å². The number of phenolic OH excluding ortho intramolecular Hbond substituents is 1. The van der Waals surface area contributed by atoms with E-state index in [0.29, 0.717) is 41.1 Å². The molecule has 8 heteroatoms. The van der Waals surface area contributed by atoms with Crippen molar-refractivity contribution in [2.75, 3.05) is 27.4 Å². The second-order valence-corrected chi connectivity index (χ2v) is 7.86. The Balaban J connectivity index is 1.95. The molecule has 1 aromatic heterocycles. The predicted octanol–water partition coefficient (Wildman–Crippen LogP) is 4.05. The van der Waals surface area contributed by atoms with Crippen LogP contribution in [0.4, 0.5) is 0 Å². The molecule has 1 N–H and O–H groups in total. The second-order valence-electron chi connectivity index (χ2n) is 7.45. The highest BCUT2D eigenvalue weighted by Crippen LogP contribution is 2.41. The molecule has 0 radical (unpaired) electrons. The number of benzene rings is 2. The number of fused-ring (bicyclic) bond motifs is 2. The first kappa shape index (κ1) is 21.2. The van der Waals surface area contributed by atoms with Crippen molar-refractivity contribution in [3.8, 4) is 11.5 Å². The van der Waals surface area contributed by atoms with Gasteiger partial charge in [0.1, 0.15) is 5.58 Å². The van der Waals surface area contributed by atoms with Gasteiger partial charge in [-0.05, 0) is 48.7 Å². The Kier molecular flexibility index (Phi) is 5.64. The van der Waals surface area contributed by atoms with Crippen molar-refractivity contribution in [2.45, 2.75) is 19.4 Å². The maximum atomic E-state index is 13.5. The molecule has 0 saturated carbocycles. The van der Waals surface area contributed by atoms with Gasteiger partial charge in [-0.2, -0.15) is 0 Å². The van der Waals surface area contributed by atoms with Crippen molar-refractivity contribution in [1.29, 1.82) is 0 Å². The van der Waals surface area contributed by atoms with Gasteiger partial charge in [0.2, 0.25) is 5.76 Å². The van der Waals surface area contributed by atoms with Crippen LogP contribution in [0, 0.1) is 6.92 Å². The van der Waals surface area contributed by atoms with Gasteiger partial charge in [-0.15, -0.1) is 0 Å². The summed E-state index contributed by atoms with van der Waals surface area (Å²) in [6.07, 6.45) is 0.584. The van der Waals surface area contributed by atoms with E-state index in [1.807, 2.05) is 0 Å². The summed E-state index contributed by atoms with van der Waals surface area (Å²) in [5.41, 5.74) is 1.64. The quantitative estimate of drug-likeness (QED) is 0.578. The molecule has 1 aliphatic heterocycles. The van der Waals surface area contributed by atoms with E-state index in [-0.39, 0.29) is 34.2 Å². The van der Waals surface area contributed by atoms with Gasteiger partial charge in [-0.25, -0.2) is 0 Å². The number of carbonyl (C=O) groups excluding carboxylic acids is 1. The fourth-order valence-electron chi connectivity index (χ4n) is 3.96. The lowest BCUT2D eigenvalue weighted by atomic mass is 9.97. The summed E-state index contributed by atoms with van der Waals surface area (Å²) in [6.45, 7) is 2.63. The van der Waals surface area contributed by atoms with E-state index >= 15 is 0 Å². The molecule has 2 aromatic carbocycles. The van der Waals surface area contributed by atoms with Crippen LogP contribution in [0.15, 0.2) is 39.5 Å². The number of hydrogen-bond acceptors (Lipinski definition) is 6. The topological polar surface area (TPSA) is 89.2 Å². The summed E-state index contributed by atoms with van der Waals surface area (Å²) < 4.78 is 16.3. The minimum atomic E-state index is -0.686. The molecule has 3 aromatic rings. The van der Waals surface area contributed by atoms with Gasteiger partial charge < -0.3 is 23.9 Å². The SMILES string of the molecule is COCCCN1C(=O)c2oc3cc(C)c(Cl)cc3c(=O)c2[C@@H]1c1ccc(O)c(OC)c1. The van der Waals surface area contributed by atoms with Gasteiger partial charge in [-0.3, -0.25) is 9.59 Å². The van der Waals surface area contributed by atoms with Crippen molar-refractivity contribution < 1.29 is 23.8 Å². The molecule has 31 heavy (non-hydrogen) atoms. The largest absolute Gasteiger partial charge is 0.504 e. The smallest absolute Gasteiger partial charge is 0.290 e. The molecule has 4 rings (SSSR count). The average molecular weight is 444 g/mol. The Morgan fingerprint density at radius 3 is 2.68 bits per heavy atom. The first-order valence-corrected chi connectivity index (χ1v) is 10.2. The predicted molar refractivity (Wildman–Crippen MR) is 116 cm³/mol. The first-order valence-electron chi connectivity index (χ1n) is 9.81. The number of hydrogen-bond donors (Lipinski definition) is 1. The van der Waals surface area contributed by atoms with Crippen molar-refractivity contribution in [3.05, 3.63) is 68.0 Å². The van der Waals surface area contributed by atoms with Crippen LogP contribution in [-0.2, 0) is 4.74 Å². The van der Waals surface area contributed by atoms with Crippen molar-refractivity contribution in [1.82, 2.24) is 4.90 Å². The maximum absolute atomic E-state index is 13.5. The van der Waals surface area contributed by atoms with Crippen LogP contribution in [-0.4, -0.2) is 43.3 Å². The Morgan fingerprint density at radius 2 is 1.97 bits per heavy atom. The molecule has 162 valence electrons. The van der Waals surface area contributed by atoms with E-state index in [1.165, 1.54) is 13.2 Å². The normalized spacial score (nSPS) is 15.5. The van der Waals surface area contributed by atoms with E-state index in [1.54, 1.807) is 43.2 Å². The van der Waals surface area contributed by atoms with E-state index in [2.05, 4.69) is 0 Å². The number of phenols is 1. The molecule has 0 fully saturated rings. The van der Waals surface area contributed by atoms with Crippen LogP contribution in [0.5, 0.6) is 11.5 Å². The summed E-state index contributed by atoms with van der Waals surface area (Å²) in [4.78, 5) is 28.4. The standard InChI is InChI=1S/C23H22ClNO6/c1-12-9-17-14(11-15(12)24)21(27)19-20(13-5-6-16(26)18(10-13)30-3)25(7-4-8-29-2)23(28)22(19)31-17/h5-6,9-11,20,26H,4,7-8H2,1-3H3/t20-/m0/s1. The maximum Gasteiger partial charge on any atom is 0.290 e. The van der Waals surface area contributed by atoms with Gasteiger partial charge in [0, 0.05) is 25.3 Å². The van der Waals surface area contributed by atoms with E-state index < -0.39 is 6.04 Å². The van der Waals surface area contributed by atoms with Crippen LogP contribution in [0.1, 0.15) is 39.7 Å². The third kappa shape index (κ3) is 3.54. The number of methoxy groups -OCH3 is 2. The van der Waals surface area contributed by atoms with Gasteiger partial charge in [0.15, 0.2) is 16.9 Å². The number of nitrogens with zero attached hydrogens (tertiary/aromatic N) is 1. The van der Waals surface area contributed by atoms with Crippen LogP contribution < -0.4 is 10.2 Å². The third-order valence-electron chi connectivity index (χ3n) is 5.51. The molecule has 0 saturated heterocycles. The molecular weight excluding hydrogens is 422 g/mol. The van der Waals surface area contributed by atoms with Gasteiger partial charge in [0.25, 0.3) is 5.91 Å². The highest BCUT2D eigenvalue weighted by atomic mass is 35.5. The molecule has 0 spiro atoms. The zero-order valence-electron chi connectivity index (χ0n) is 17.4. The van der Waals surface area contributed by atoms with Crippen molar-refractivity contribution in [3.63, 3.8) is 0 Å². The number of aromatic hydroxyl groups is 1. The first-order chi connectivity index (χ1) is 14.9. The molecule has 0 unspecified atom stereocenters. The lowest BCUT2D eigenvalue weighted by Crippen LogP contribution is -2.31. The van der Waals surface area contributed by atoms with Crippen LogP contribution in [0.3, 0.4) is 0 Å². The third-order valence-corrected chi connectivity index (χ3v) is 5.92. The molecular formula is C23H22ClNO6. The lowest BCUT2D eigenvalue weighted by Gasteiger charge is -2.25. The van der Waals surface area contributed by atoms with E-state index in [4.69, 9.17) is 25.5 Å². The fourth-order valence-corrected chi connectivity index (χ4v) is 4.13. The number of ether oxygens (including phenoxy) is 2. The van der Waals surface area contributed by atoms with E-state index in [0.717, 1.165) is 5.56 Å². The zero-order chi connectivity index (χ0) is 22.3. The summed E-state index contributed by atoms with van der Waals surface area (Å²) >= 11 is 6.25. The molecule has 0 bridgehead atoms. The molecule has 2 heterocycles. The van der Waals surface area contributed by atoms with Crippen molar-refractivity contribution >= 4 is 28.5 Å². The van der Waals surface area contributed by atoms with Crippen LogP contribution in [0.25, 0.3) is 11.0 Å². The molecule has 1 atom stereocenters. The minimum absolute atomic E-state index is 0.0219. The number of carbonyl (C=O) groups is 1. The van der Waals surface area contributed by atoms with Crippen LogP contribution >= 0.6 is 11.6 Å². The number of rotatable bonds is 6. The number of halogens is 1. The van der Waals surface area contributed by atoms with E-state index in [9.17, 15) is 14.7 Å². The van der Waals surface area contributed by atoms with Crippen molar-refractivity contribution in [2.24, 2.45) is 0 Å². The Morgan fingerprint density at radius 1 is 1.19 bits per heavy atom. The molecule has 1 aliphatic rings. The highest BCUT2D eigenvalue weighted by Gasteiger charge is 2.42. The highest BCUT2D eigenvalue weighted by molar-refractivity contribution is 6.32. The lowest BCUT2D eigenvalue weighted by molar-refractivity contribution is 0.0707. The number of aryl methyl sites for hydroxylation is 1. The fraction of sp³-hybridized carbons (Fsp3) is 0.304. The zero-order valence-corrected chi connectivity index (χ0v) is 18.2. The summed E-state index contributed by atoms with van der Waals surface area (Å²) in [5, 5.41) is 10.8. The summed E-state index contributed by atoms with van der Waals surface area (Å²) in [5.74, 6) is -0.128. The second kappa shape index (κ2) is 8.24. The average Bonchev–Trinajstić information content (AvgIpc) is 3.02. The molecule has 0 aliphatic carbocycles. The summed E-state index contributed by atoms with van der Waals surface area (Å²) in [7, 11) is 3.03. The van der Waals surface area contributed by atoms with Crippen LogP contribution in [0.2, 0.25) is 5.02 Å². The minimum Gasteiger partial charge on any atom is -0.504 e. The Labute approximate surface area is 183 Å². The van der Waals surface area contributed by atoms with Gasteiger partial charge in [-0.1, -0.05) is 17.7 Å². The molecule has 7 nitrogen and oxygen atoms in total. The number of amides is 1. The van der Waals surface area contributed by atoms with Gasteiger partial charge in [0.05, 0.1) is 24.1 Å². The summed E-state index contributed by atoms with van der Waals surface area (Å²) in [6, 6.07) is 7.32.